The number of anilines is 1. The Morgan fingerprint density at radius 2 is 2.06 bits per heavy atom. The van der Waals surface area contributed by atoms with Crippen molar-refractivity contribution in [3.05, 3.63) is 16.9 Å². The molecule has 0 spiro atoms. The van der Waals surface area contributed by atoms with Crippen molar-refractivity contribution in [3.8, 4) is 0 Å². The average molecular weight is 267 g/mol. The van der Waals surface area contributed by atoms with Crippen LogP contribution in [0.5, 0.6) is 0 Å². The highest BCUT2D eigenvalue weighted by Gasteiger charge is 2.09. The fourth-order valence-corrected chi connectivity index (χ4v) is 2.96. The Bertz CT molecular complexity index is 523. The number of hydrogen-bond donors (Lipinski definition) is 1. The first-order chi connectivity index (χ1) is 8.04. The second-order valence-electron chi connectivity index (χ2n) is 3.83. The molecule has 17 heavy (non-hydrogen) atoms. The van der Waals surface area contributed by atoms with Crippen molar-refractivity contribution in [2.24, 2.45) is 0 Å². The van der Waals surface area contributed by atoms with Crippen molar-refractivity contribution >= 4 is 28.9 Å². The van der Waals surface area contributed by atoms with Crippen molar-refractivity contribution in [2.45, 2.75) is 36.1 Å². The minimum absolute atomic E-state index is 0.258. The van der Waals surface area contributed by atoms with Gasteiger partial charge in [-0.1, -0.05) is 25.2 Å². The molecule has 0 aliphatic heterocycles. The number of nitrogens with two attached hydrogens (primary N) is 1. The maximum absolute atomic E-state index is 5.76. The number of aryl methyl sites for hydroxylation is 1. The van der Waals surface area contributed by atoms with E-state index in [1.54, 1.807) is 17.4 Å². The van der Waals surface area contributed by atoms with Crippen molar-refractivity contribution in [1.29, 1.82) is 0 Å². The number of nitrogens with zero attached hydrogens (tertiary/aromatic N) is 4. The summed E-state index contributed by atoms with van der Waals surface area (Å²) in [5, 5.41) is 9.77. The SMILES string of the molecule is Cc1nnc(Sc2cc(N)nc(C(C)C)n2)s1. The number of aromatic nitrogens is 4. The molecule has 0 bridgehead atoms. The molecular formula is C10H13N5S2. The quantitative estimate of drug-likeness (QED) is 0.861. The lowest BCUT2D eigenvalue weighted by molar-refractivity contribution is 0.756. The van der Waals surface area contributed by atoms with Gasteiger partial charge in [0.15, 0.2) is 4.34 Å². The van der Waals surface area contributed by atoms with Gasteiger partial charge in [-0.05, 0) is 18.7 Å². The largest absolute Gasteiger partial charge is 0.384 e. The van der Waals surface area contributed by atoms with Crippen molar-refractivity contribution in [1.82, 2.24) is 20.2 Å². The average Bonchev–Trinajstić information content (AvgIpc) is 2.63. The summed E-state index contributed by atoms with van der Waals surface area (Å²) >= 11 is 3.01. The van der Waals surface area contributed by atoms with Crippen LogP contribution in [0, 0.1) is 6.92 Å². The lowest BCUT2D eigenvalue weighted by Gasteiger charge is -2.06. The second kappa shape index (κ2) is 4.97. The maximum Gasteiger partial charge on any atom is 0.180 e. The molecule has 0 atom stereocenters. The van der Waals surface area contributed by atoms with E-state index in [1.165, 1.54) is 11.8 Å². The molecule has 7 heteroatoms. The molecule has 2 aromatic heterocycles. The Morgan fingerprint density at radius 1 is 1.29 bits per heavy atom. The summed E-state index contributed by atoms with van der Waals surface area (Å²) in [5.74, 6) is 1.51. The number of nitrogen functional groups attached to an aromatic ring is 1. The molecule has 0 amide bonds. The normalized spacial score (nSPS) is 11.1. The molecule has 0 radical (unpaired) electrons. The Kier molecular flexibility index (Phi) is 3.58. The van der Waals surface area contributed by atoms with E-state index in [-0.39, 0.29) is 5.92 Å². The Morgan fingerprint density at radius 3 is 2.65 bits per heavy atom. The number of hydrogen-bond acceptors (Lipinski definition) is 7. The minimum atomic E-state index is 0.258. The lowest BCUT2D eigenvalue weighted by Crippen LogP contribution is -2.02. The third-order valence-electron chi connectivity index (χ3n) is 1.96. The predicted octanol–water partition coefficient (Wildman–Crippen LogP) is 2.49. The van der Waals surface area contributed by atoms with E-state index in [2.05, 4.69) is 20.2 Å². The summed E-state index contributed by atoms with van der Waals surface area (Å²) in [4.78, 5) is 8.65. The minimum Gasteiger partial charge on any atom is -0.384 e. The van der Waals surface area contributed by atoms with Crippen LogP contribution in [0.4, 0.5) is 5.82 Å². The third-order valence-corrected chi connectivity index (χ3v) is 3.76. The summed E-state index contributed by atoms with van der Waals surface area (Å²) in [6.07, 6.45) is 0. The van der Waals surface area contributed by atoms with Gasteiger partial charge in [0.05, 0.1) is 0 Å². The molecule has 0 saturated heterocycles. The molecule has 0 fully saturated rings. The van der Waals surface area contributed by atoms with Crippen LogP contribution in [0.25, 0.3) is 0 Å². The highest BCUT2D eigenvalue weighted by atomic mass is 32.2. The van der Waals surface area contributed by atoms with Crippen LogP contribution < -0.4 is 5.73 Å². The molecule has 0 aliphatic carbocycles. The first kappa shape index (κ1) is 12.3. The fraction of sp³-hybridized carbons (Fsp3) is 0.400. The summed E-state index contributed by atoms with van der Waals surface area (Å²) in [7, 11) is 0. The van der Waals surface area contributed by atoms with Crippen LogP contribution in [0.15, 0.2) is 15.4 Å². The van der Waals surface area contributed by atoms with Crippen LogP contribution in [-0.4, -0.2) is 20.2 Å². The molecule has 2 aromatic rings. The summed E-state index contributed by atoms with van der Waals surface area (Å²) in [6, 6.07) is 1.76. The van der Waals surface area contributed by atoms with Gasteiger partial charge < -0.3 is 5.73 Å². The van der Waals surface area contributed by atoms with E-state index in [0.29, 0.717) is 5.82 Å². The van der Waals surface area contributed by atoms with E-state index >= 15 is 0 Å². The summed E-state index contributed by atoms with van der Waals surface area (Å²) in [6.45, 7) is 6.01. The van der Waals surface area contributed by atoms with Crippen LogP contribution >= 0.6 is 23.1 Å². The zero-order valence-corrected chi connectivity index (χ0v) is 11.5. The number of rotatable bonds is 3. The topological polar surface area (TPSA) is 77.6 Å². The first-order valence-corrected chi connectivity index (χ1v) is 6.80. The summed E-state index contributed by atoms with van der Waals surface area (Å²) < 4.78 is 0.871. The van der Waals surface area contributed by atoms with E-state index < -0.39 is 0 Å². The fourth-order valence-electron chi connectivity index (χ4n) is 1.18. The van der Waals surface area contributed by atoms with Crippen molar-refractivity contribution in [3.63, 3.8) is 0 Å². The molecule has 2 heterocycles. The van der Waals surface area contributed by atoms with E-state index in [0.717, 1.165) is 20.2 Å². The van der Waals surface area contributed by atoms with Crippen LogP contribution in [0.2, 0.25) is 0 Å². The van der Waals surface area contributed by atoms with Crippen molar-refractivity contribution < 1.29 is 0 Å². The standard InChI is InChI=1S/C10H13N5S2/c1-5(2)9-12-7(11)4-8(13-9)17-10-15-14-6(3)16-10/h4-5H,1-3H3,(H2,11,12,13). The highest BCUT2D eigenvalue weighted by molar-refractivity contribution is 8.01. The van der Waals surface area contributed by atoms with E-state index in [4.69, 9.17) is 5.73 Å². The van der Waals surface area contributed by atoms with Crippen LogP contribution in [-0.2, 0) is 0 Å². The van der Waals surface area contributed by atoms with Gasteiger partial charge in [0.25, 0.3) is 0 Å². The van der Waals surface area contributed by atoms with Gasteiger partial charge in [-0.15, -0.1) is 10.2 Å². The highest BCUT2D eigenvalue weighted by Crippen LogP contribution is 2.29. The molecule has 0 unspecified atom stereocenters. The molecule has 0 saturated carbocycles. The van der Waals surface area contributed by atoms with Crippen LogP contribution in [0.3, 0.4) is 0 Å². The molecule has 2 rings (SSSR count). The van der Waals surface area contributed by atoms with Gasteiger partial charge in [-0.2, -0.15) is 0 Å². The smallest absolute Gasteiger partial charge is 0.180 e. The predicted molar refractivity (Wildman–Crippen MR) is 69.3 cm³/mol. The molecular weight excluding hydrogens is 254 g/mol. The Balaban J connectivity index is 2.26. The Labute approximate surface area is 108 Å². The van der Waals surface area contributed by atoms with Gasteiger partial charge >= 0.3 is 0 Å². The third kappa shape index (κ3) is 3.13. The van der Waals surface area contributed by atoms with E-state index in [9.17, 15) is 0 Å². The second-order valence-corrected chi connectivity index (χ2v) is 6.28. The molecule has 0 aromatic carbocycles. The van der Waals surface area contributed by atoms with Gasteiger partial charge in [-0.3, -0.25) is 0 Å². The lowest BCUT2D eigenvalue weighted by atomic mass is 10.2. The summed E-state index contributed by atoms with van der Waals surface area (Å²) in [5.41, 5.74) is 5.76. The molecule has 5 nitrogen and oxygen atoms in total. The monoisotopic (exact) mass is 267 g/mol. The van der Waals surface area contributed by atoms with Crippen molar-refractivity contribution in [2.75, 3.05) is 5.73 Å². The zero-order valence-electron chi connectivity index (χ0n) is 9.84. The first-order valence-electron chi connectivity index (χ1n) is 5.17. The molecule has 0 aliphatic rings. The molecule has 90 valence electrons. The van der Waals surface area contributed by atoms with E-state index in [1.807, 2.05) is 20.8 Å². The molecule has 2 N–H and O–H groups in total. The Hall–Kier alpha value is -1.21. The van der Waals surface area contributed by atoms with Crippen LogP contribution in [0.1, 0.15) is 30.6 Å². The van der Waals surface area contributed by atoms with Gasteiger partial charge in [0, 0.05) is 12.0 Å². The van der Waals surface area contributed by atoms with Gasteiger partial charge in [0.1, 0.15) is 21.7 Å². The zero-order chi connectivity index (χ0) is 12.4. The van der Waals surface area contributed by atoms with Gasteiger partial charge in [-0.25, -0.2) is 9.97 Å². The van der Waals surface area contributed by atoms with Gasteiger partial charge in [0.2, 0.25) is 0 Å². The maximum atomic E-state index is 5.76.